The monoisotopic (exact) mass is 182 g/mol. The smallest absolute Gasteiger partial charge is 0.186 e. The molecule has 0 radical (unpaired) electrons. The molecule has 0 N–H and O–H groups in total. The number of carbonyl (C=O) groups is 2. The fourth-order valence-corrected chi connectivity index (χ4v) is 1.38. The zero-order valence-electron chi connectivity index (χ0n) is 7.28. The Morgan fingerprint density at radius 2 is 1.64 bits per heavy atom. The maximum atomic E-state index is 11.4. The van der Waals surface area contributed by atoms with Crippen molar-refractivity contribution in [1.29, 1.82) is 0 Å². The van der Waals surface area contributed by atoms with Crippen LogP contribution in [0.25, 0.3) is 0 Å². The molecule has 2 heteroatoms. The number of ketones is 2. The van der Waals surface area contributed by atoms with Crippen LogP contribution in [0.1, 0.15) is 26.3 Å². The maximum Gasteiger partial charge on any atom is 0.186 e. The van der Waals surface area contributed by atoms with Crippen LogP contribution >= 0.6 is 0 Å². The summed E-state index contributed by atoms with van der Waals surface area (Å²) in [6.07, 6.45) is 7.75. The van der Waals surface area contributed by atoms with Crippen molar-refractivity contribution < 1.29 is 9.59 Å². The highest BCUT2D eigenvalue weighted by molar-refractivity contribution is 6.22. The van der Waals surface area contributed by atoms with Crippen LogP contribution in [-0.4, -0.2) is 11.6 Å². The van der Waals surface area contributed by atoms with Gasteiger partial charge in [0, 0.05) is 16.7 Å². The Balaban J connectivity index is 2.68. The fraction of sp³-hybridized carbons (Fsp3) is 0. The minimum absolute atomic E-state index is 0.150. The third kappa shape index (κ3) is 1.16. The van der Waals surface area contributed by atoms with Crippen LogP contribution < -0.4 is 0 Å². The molecule has 0 bridgehead atoms. The van der Waals surface area contributed by atoms with Crippen LogP contribution in [-0.2, 0) is 0 Å². The highest BCUT2D eigenvalue weighted by Gasteiger charge is 2.18. The van der Waals surface area contributed by atoms with E-state index in [-0.39, 0.29) is 11.6 Å². The van der Waals surface area contributed by atoms with E-state index in [9.17, 15) is 9.59 Å². The summed E-state index contributed by atoms with van der Waals surface area (Å²) >= 11 is 0. The molecule has 0 aromatic heterocycles. The molecule has 0 heterocycles. The largest absolute Gasteiger partial charge is 0.289 e. The molecule has 1 aromatic rings. The number of allylic oxidation sites excluding steroid dienone is 2. The van der Waals surface area contributed by atoms with E-state index in [0.29, 0.717) is 16.7 Å². The Kier molecular flexibility index (Phi) is 1.79. The first-order chi connectivity index (χ1) is 6.72. The van der Waals surface area contributed by atoms with Crippen molar-refractivity contribution in [2.75, 3.05) is 0 Å². The Morgan fingerprint density at radius 3 is 2.29 bits per heavy atom. The van der Waals surface area contributed by atoms with Gasteiger partial charge < -0.3 is 0 Å². The van der Waals surface area contributed by atoms with Crippen LogP contribution in [0.4, 0.5) is 0 Å². The molecule has 1 aromatic carbocycles. The average Bonchev–Trinajstić information content (AvgIpc) is 2.23. The van der Waals surface area contributed by atoms with E-state index < -0.39 is 0 Å². The van der Waals surface area contributed by atoms with Gasteiger partial charge in [-0.25, -0.2) is 0 Å². The summed E-state index contributed by atoms with van der Waals surface area (Å²) < 4.78 is 0. The first-order valence-electron chi connectivity index (χ1n) is 4.10. The summed E-state index contributed by atoms with van der Waals surface area (Å²) in [7, 11) is 0. The van der Waals surface area contributed by atoms with Gasteiger partial charge in [0.05, 0.1) is 0 Å². The zero-order chi connectivity index (χ0) is 10.1. The highest BCUT2D eigenvalue weighted by atomic mass is 16.1. The zero-order valence-corrected chi connectivity index (χ0v) is 7.28. The first-order valence-corrected chi connectivity index (χ1v) is 4.10. The number of hydrogen-bond acceptors (Lipinski definition) is 2. The van der Waals surface area contributed by atoms with Crippen molar-refractivity contribution in [2.45, 2.75) is 0 Å². The van der Waals surface area contributed by atoms with Gasteiger partial charge in [0.1, 0.15) is 0 Å². The second-order valence-corrected chi connectivity index (χ2v) is 2.97. The summed E-state index contributed by atoms with van der Waals surface area (Å²) in [6, 6.07) is 4.82. The maximum absolute atomic E-state index is 11.4. The molecular weight excluding hydrogens is 176 g/mol. The third-order valence-electron chi connectivity index (χ3n) is 2.10. The molecule has 0 spiro atoms. The quantitative estimate of drug-likeness (QED) is 0.571. The van der Waals surface area contributed by atoms with Crippen LogP contribution in [0.15, 0.2) is 30.4 Å². The lowest BCUT2D eigenvalue weighted by Crippen LogP contribution is -2.11. The van der Waals surface area contributed by atoms with Crippen molar-refractivity contribution >= 4 is 11.6 Å². The SMILES string of the molecule is C#Cc1ccc2c(c1)C(=O)C=CC2=O. The number of fused-ring (bicyclic) bond motifs is 1. The Labute approximate surface area is 81.2 Å². The van der Waals surface area contributed by atoms with Gasteiger partial charge in [-0.1, -0.05) is 5.92 Å². The molecule has 66 valence electrons. The molecule has 0 amide bonds. The lowest BCUT2D eigenvalue weighted by molar-refractivity contribution is 0.0994. The Hall–Kier alpha value is -2.14. The molecule has 2 rings (SSSR count). The summed E-state index contributed by atoms with van der Waals surface area (Å²) in [4.78, 5) is 22.7. The van der Waals surface area contributed by atoms with Crippen molar-refractivity contribution in [1.82, 2.24) is 0 Å². The minimum atomic E-state index is -0.170. The molecule has 2 nitrogen and oxygen atoms in total. The predicted molar refractivity (Wildman–Crippen MR) is 52.2 cm³/mol. The normalized spacial score (nSPS) is 13.6. The van der Waals surface area contributed by atoms with Crippen molar-refractivity contribution in [3.05, 3.63) is 47.0 Å². The van der Waals surface area contributed by atoms with Crippen LogP contribution in [0.5, 0.6) is 0 Å². The molecule has 0 saturated heterocycles. The van der Waals surface area contributed by atoms with E-state index in [0.717, 1.165) is 0 Å². The standard InChI is InChI=1S/C12H6O2/c1-2-8-3-4-9-10(7-8)12(14)6-5-11(9)13/h1,3-7H. The number of carbonyl (C=O) groups excluding carboxylic acids is 2. The van der Waals surface area contributed by atoms with Gasteiger partial charge in [-0.05, 0) is 30.4 Å². The summed E-state index contributed by atoms with van der Waals surface area (Å²) in [5.74, 6) is 2.11. The Morgan fingerprint density at radius 1 is 1.00 bits per heavy atom. The third-order valence-corrected chi connectivity index (χ3v) is 2.10. The second-order valence-electron chi connectivity index (χ2n) is 2.97. The van der Waals surface area contributed by atoms with Gasteiger partial charge in [-0.15, -0.1) is 6.42 Å². The second kappa shape index (κ2) is 2.97. The molecule has 1 aliphatic rings. The average molecular weight is 182 g/mol. The minimum Gasteiger partial charge on any atom is -0.289 e. The van der Waals surface area contributed by atoms with E-state index in [1.54, 1.807) is 18.2 Å². The van der Waals surface area contributed by atoms with E-state index in [2.05, 4.69) is 5.92 Å². The molecule has 0 saturated carbocycles. The number of hydrogen-bond donors (Lipinski definition) is 0. The topological polar surface area (TPSA) is 34.1 Å². The van der Waals surface area contributed by atoms with Gasteiger partial charge >= 0.3 is 0 Å². The molecular formula is C12H6O2. The van der Waals surface area contributed by atoms with Crippen molar-refractivity contribution in [3.63, 3.8) is 0 Å². The van der Waals surface area contributed by atoms with E-state index >= 15 is 0 Å². The molecule has 0 unspecified atom stereocenters. The number of terminal acetylenes is 1. The fourth-order valence-electron chi connectivity index (χ4n) is 1.38. The summed E-state index contributed by atoms with van der Waals surface area (Å²) in [5, 5.41) is 0. The van der Waals surface area contributed by atoms with Crippen LogP contribution in [0.2, 0.25) is 0 Å². The van der Waals surface area contributed by atoms with Gasteiger partial charge in [0.25, 0.3) is 0 Å². The summed E-state index contributed by atoms with van der Waals surface area (Å²) in [5.41, 5.74) is 1.43. The lowest BCUT2D eigenvalue weighted by atomic mass is 9.93. The van der Waals surface area contributed by atoms with Crippen LogP contribution in [0.3, 0.4) is 0 Å². The van der Waals surface area contributed by atoms with Gasteiger partial charge in [0.15, 0.2) is 11.6 Å². The van der Waals surface area contributed by atoms with E-state index in [1.165, 1.54) is 12.2 Å². The first kappa shape index (κ1) is 8.46. The molecule has 0 fully saturated rings. The highest BCUT2D eigenvalue weighted by Crippen LogP contribution is 2.17. The molecule has 0 aliphatic heterocycles. The van der Waals surface area contributed by atoms with Crippen LogP contribution in [0, 0.1) is 12.3 Å². The van der Waals surface area contributed by atoms with Gasteiger partial charge in [-0.3, -0.25) is 9.59 Å². The van der Waals surface area contributed by atoms with E-state index in [4.69, 9.17) is 6.42 Å². The molecule has 14 heavy (non-hydrogen) atoms. The van der Waals surface area contributed by atoms with Gasteiger partial charge in [0.2, 0.25) is 0 Å². The lowest BCUT2D eigenvalue weighted by Gasteiger charge is -2.08. The Bertz CT molecular complexity index is 502. The molecule has 1 aliphatic carbocycles. The van der Waals surface area contributed by atoms with Crippen molar-refractivity contribution in [2.24, 2.45) is 0 Å². The predicted octanol–water partition coefficient (Wildman–Crippen LogP) is 1.60. The summed E-state index contributed by atoms with van der Waals surface area (Å²) in [6.45, 7) is 0. The van der Waals surface area contributed by atoms with Gasteiger partial charge in [-0.2, -0.15) is 0 Å². The molecule has 0 atom stereocenters. The number of benzene rings is 1. The number of rotatable bonds is 0. The van der Waals surface area contributed by atoms with Crippen molar-refractivity contribution in [3.8, 4) is 12.3 Å². The van der Waals surface area contributed by atoms with E-state index in [1.807, 2.05) is 0 Å².